The van der Waals surface area contributed by atoms with Crippen molar-refractivity contribution in [3.05, 3.63) is 35.9 Å². The van der Waals surface area contributed by atoms with Gasteiger partial charge in [0, 0.05) is 24.7 Å². The van der Waals surface area contributed by atoms with E-state index in [1.807, 2.05) is 0 Å². The Labute approximate surface area is 111 Å². The van der Waals surface area contributed by atoms with Gasteiger partial charge in [0.25, 0.3) is 0 Å². The average molecular weight is 246 g/mol. The first-order valence-electron chi connectivity index (χ1n) is 7.25. The number of rotatable bonds is 4. The fourth-order valence-electron chi connectivity index (χ4n) is 3.04. The third kappa shape index (κ3) is 3.33. The van der Waals surface area contributed by atoms with Crippen LogP contribution in [0, 0.1) is 0 Å². The van der Waals surface area contributed by atoms with Crippen molar-refractivity contribution < 1.29 is 0 Å². The topological polar surface area (TPSA) is 15.3 Å². The molecule has 1 N–H and O–H groups in total. The van der Waals surface area contributed by atoms with E-state index in [4.69, 9.17) is 0 Å². The maximum absolute atomic E-state index is 3.70. The smallest absolute Gasteiger partial charge is 0.0362 e. The predicted octanol–water partition coefficient (Wildman–Crippen LogP) is 3.21. The van der Waals surface area contributed by atoms with E-state index >= 15 is 0 Å². The van der Waals surface area contributed by atoms with Crippen molar-refractivity contribution in [1.29, 1.82) is 0 Å². The zero-order valence-corrected chi connectivity index (χ0v) is 11.9. The molecule has 0 amide bonds. The van der Waals surface area contributed by atoms with Gasteiger partial charge in [-0.25, -0.2) is 0 Å². The summed E-state index contributed by atoms with van der Waals surface area (Å²) in [5, 5.41) is 3.70. The molecule has 0 aliphatic carbocycles. The summed E-state index contributed by atoms with van der Waals surface area (Å²) in [6.07, 6.45) is 2.51. The molecule has 18 heavy (non-hydrogen) atoms. The van der Waals surface area contributed by atoms with Crippen LogP contribution in [0.3, 0.4) is 0 Å². The number of hydrogen-bond donors (Lipinski definition) is 1. The molecule has 2 atom stereocenters. The SMILES string of the molecule is CCN1CC[C@@H](NC(C)C)C[C@H]1c1ccccc1. The van der Waals surface area contributed by atoms with Crippen molar-refractivity contribution in [1.82, 2.24) is 10.2 Å². The van der Waals surface area contributed by atoms with Crippen LogP contribution in [0.2, 0.25) is 0 Å². The molecule has 1 saturated heterocycles. The molecule has 1 aromatic rings. The van der Waals surface area contributed by atoms with Gasteiger partial charge in [-0.15, -0.1) is 0 Å². The summed E-state index contributed by atoms with van der Waals surface area (Å²) in [4.78, 5) is 2.60. The van der Waals surface area contributed by atoms with Crippen LogP contribution in [0.15, 0.2) is 30.3 Å². The molecule has 1 aliphatic rings. The van der Waals surface area contributed by atoms with Gasteiger partial charge in [-0.05, 0) is 24.9 Å². The standard InChI is InChI=1S/C16H26N2/c1-4-18-11-10-15(17-13(2)3)12-16(18)14-8-6-5-7-9-14/h5-9,13,15-17H,4,10-12H2,1-3H3/t15-,16+/m1/s1. The molecule has 2 rings (SSSR count). The molecule has 0 saturated carbocycles. The number of hydrogen-bond acceptors (Lipinski definition) is 2. The van der Waals surface area contributed by atoms with Gasteiger partial charge in [0.1, 0.15) is 0 Å². The second-order valence-electron chi connectivity index (χ2n) is 5.60. The highest BCUT2D eigenvalue weighted by molar-refractivity contribution is 5.20. The first-order valence-corrected chi connectivity index (χ1v) is 7.25. The lowest BCUT2D eigenvalue weighted by molar-refractivity contribution is 0.128. The summed E-state index contributed by atoms with van der Waals surface area (Å²) >= 11 is 0. The van der Waals surface area contributed by atoms with Crippen molar-refractivity contribution in [3.63, 3.8) is 0 Å². The third-order valence-electron chi connectivity index (χ3n) is 3.87. The lowest BCUT2D eigenvalue weighted by Gasteiger charge is -2.40. The Morgan fingerprint density at radius 1 is 1.28 bits per heavy atom. The van der Waals surface area contributed by atoms with E-state index in [2.05, 4.69) is 61.3 Å². The lowest BCUT2D eigenvalue weighted by Crippen LogP contribution is -2.46. The summed E-state index contributed by atoms with van der Waals surface area (Å²) in [7, 11) is 0. The van der Waals surface area contributed by atoms with Crippen molar-refractivity contribution in [3.8, 4) is 0 Å². The summed E-state index contributed by atoms with van der Waals surface area (Å²) in [5.41, 5.74) is 1.47. The Hall–Kier alpha value is -0.860. The van der Waals surface area contributed by atoms with E-state index in [-0.39, 0.29) is 0 Å². The fourth-order valence-corrected chi connectivity index (χ4v) is 3.04. The van der Waals surface area contributed by atoms with E-state index in [0.717, 1.165) is 6.54 Å². The van der Waals surface area contributed by atoms with Gasteiger partial charge in [0.05, 0.1) is 0 Å². The Kier molecular flexibility index (Phi) is 4.79. The van der Waals surface area contributed by atoms with Crippen LogP contribution in [-0.4, -0.2) is 30.1 Å². The summed E-state index contributed by atoms with van der Waals surface area (Å²) in [5.74, 6) is 0. The van der Waals surface area contributed by atoms with E-state index in [1.54, 1.807) is 0 Å². The number of nitrogens with one attached hydrogen (secondary N) is 1. The number of likely N-dealkylation sites (tertiary alicyclic amines) is 1. The Morgan fingerprint density at radius 2 is 2.00 bits per heavy atom. The Bertz CT molecular complexity index is 347. The highest BCUT2D eigenvalue weighted by Gasteiger charge is 2.28. The van der Waals surface area contributed by atoms with Gasteiger partial charge in [0.2, 0.25) is 0 Å². The Balaban J connectivity index is 2.08. The summed E-state index contributed by atoms with van der Waals surface area (Å²) in [6, 6.07) is 12.8. The van der Waals surface area contributed by atoms with Crippen LogP contribution in [0.1, 0.15) is 45.2 Å². The lowest BCUT2D eigenvalue weighted by atomic mass is 9.91. The quantitative estimate of drug-likeness (QED) is 0.877. The third-order valence-corrected chi connectivity index (χ3v) is 3.87. The molecule has 2 heteroatoms. The number of nitrogens with zero attached hydrogens (tertiary/aromatic N) is 1. The van der Waals surface area contributed by atoms with Gasteiger partial charge in [-0.2, -0.15) is 0 Å². The normalized spacial score (nSPS) is 25.6. The van der Waals surface area contributed by atoms with Gasteiger partial charge in [0.15, 0.2) is 0 Å². The maximum Gasteiger partial charge on any atom is 0.0362 e. The van der Waals surface area contributed by atoms with Crippen LogP contribution in [-0.2, 0) is 0 Å². The predicted molar refractivity (Wildman–Crippen MR) is 77.7 cm³/mol. The van der Waals surface area contributed by atoms with Gasteiger partial charge >= 0.3 is 0 Å². The van der Waals surface area contributed by atoms with E-state index in [9.17, 15) is 0 Å². The second-order valence-corrected chi connectivity index (χ2v) is 5.60. The van der Waals surface area contributed by atoms with Crippen LogP contribution in [0.4, 0.5) is 0 Å². The van der Waals surface area contributed by atoms with E-state index in [0.29, 0.717) is 18.1 Å². The molecule has 2 nitrogen and oxygen atoms in total. The zero-order chi connectivity index (χ0) is 13.0. The van der Waals surface area contributed by atoms with E-state index < -0.39 is 0 Å². The molecule has 0 bridgehead atoms. The van der Waals surface area contributed by atoms with Gasteiger partial charge in [-0.3, -0.25) is 4.90 Å². The highest BCUT2D eigenvalue weighted by atomic mass is 15.2. The summed E-state index contributed by atoms with van der Waals surface area (Å²) < 4.78 is 0. The van der Waals surface area contributed by atoms with Crippen molar-refractivity contribution in [2.75, 3.05) is 13.1 Å². The monoisotopic (exact) mass is 246 g/mol. The molecule has 0 unspecified atom stereocenters. The minimum atomic E-state index is 0.583. The first kappa shape index (κ1) is 13.6. The number of piperidine rings is 1. The molecule has 1 fully saturated rings. The highest BCUT2D eigenvalue weighted by Crippen LogP contribution is 2.30. The molecule has 1 heterocycles. The molecule has 0 radical (unpaired) electrons. The van der Waals surface area contributed by atoms with Crippen LogP contribution in [0.25, 0.3) is 0 Å². The van der Waals surface area contributed by atoms with Gasteiger partial charge < -0.3 is 5.32 Å². The first-order chi connectivity index (χ1) is 8.70. The fraction of sp³-hybridized carbons (Fsp3) is 0.625. The van der Waals surface area contributed by atoms with Crippen LogP contribution >= 0.6 is 0 Å². The zero-order valence-electron chi connectivity index (χ0n) is 11.9. The van der Waals surface area contributed by atoms with Crippen LogP contribution in [0.5, 0.6) is 0 Å². The molecule has 0 aromatic heterocycles. The van der Waals surface area contributed by atoms with Crippen molar-refractivity contribution in [2.24, 2.45) is 0 Å². The van der Waals surface area contributed by atoms with Crippen molar-refractivity contribution >= 4 is 0 Å². The molecular weight excluding hydrogens is 220 g/mol. The molecule has 100 valence electrons. The van der Waals surface area contributed by atoms with Gasteiger partial charge in [-0.1, -0.05) is 51.1 Å². The van der Waals surface area contributed by atoms with Crippen LogP contribution < -0.4 is 5.32 Å². The molecule has 1 aliphatic heterocycles. The second kappa shape index (κ2) is 6.35. The van der Waals surface area contributed by atoms with E-state index in [1.165, 1.54) is 24.9 Å². The summed E-state index contributed by atoms with van der Waals surface area (Å²) in [6.45, 7) is 9.11. The molecular formula is C16H26N2. The van der Waals surface area contributed by atoms with Crippen molar-refractivity contribution in [2.45, 2.75) is 51.7 Å². The Morgan fingerprint density at radius 3 is 2.61 bits per heavy atom. The minimum absolute atomic E-state index is 0.583. The number of benzene rings is 1. The minimum Gasteiger partial charge on any atom is -0.312 e. The molecule has 1 aromatic carbocycles. The maximum atomic E-state index is 3.70. The average Bonchev–Trinajstić information content (AvgIpc) is 2.39. The largest absolute Gasteiger partial charge is 0.312 e. The molecule has 0 spiro atoms.